The van der Waals surface area contributed by atoms with Gasteiger partial charge >= 0.3 is 0 Å². The highest BCUT2D eigenvalue weighted by Gasteiger charge is 2.04. The average molecular weight is 264 g/mol. The average Bonchev–Trinajstić information content (AvgIpc) is 2.19. The van der Waals surface area contributed by atoms with Crippen LogP contribution in [0.2, 0.25) is 0 Å². The molecular weight excluding hydrogens is 252 g/mol. The molecule has 1 aromatic carbocycles. The summed E-state index contributed by atoms with van der Waals surface area (Å²) in [7, 11) is 1.91. The van der Waals surface area contributed by atoms with Crippen molar-refractivity contribution in [3.05, 3.63) is 35.4 Å². The number of nitrogens with zero attached hydrogens (tertiary/aromatic N) is 1. The summed E-state index contributed by atoms with van der Waals surface area (Å²) in [5.74, 6) is -0.725. The summed E-state index contributed by atoms with van der Waals surface area (Å²) < 4.78 is 25.9. The Bertz CT molecular complexity index is 304. The summed E-state index contributed by atoms with van der Waals surface area (Å²) in [4.78, 5) is 1.98. The maximum absolute atomic E-state index is 13.1. The Labute approximate surface area is 90.8 Å². The Morgan fingerprint density at radius 2 is 2.07 bits per heavy atom. The van der Waals surface area contributed by atoms with Crippen LogP contribution in [-0.4, -0.2) is 23.9 Å². The molecule has 1 aromatic rings. The van der Waals surface area contributed by atoms with E-state index in [1.165, 1.54) is 12.1 Å². The van der Waals surface area contributed by atoms with Crippen LogP contribution in [0, 0.1) is 11.6 Å². The fraction of sp³-hybridized carbons (Fsp3) is 0.400. The molecule has 0 unspecified atom stereocenters. The first-order valence-corrected chi connectivity index (χ1v) is 5.44. The number of hydrogen-bond donors (Lipinski definition) is 0. The molecule has 1 rings (SSSR count). The van der Waals surface area contributed by atoms with Crippen molar-refractivity contribution < 1.29 is 8.78 Å². The third-order valence-corrected chi connectivity index (χ3v) is 2.83. The zero-order valence-electron chi connectivity index (χ0n) is 7.93. The van der Waals surface area contributed by atoms with Gasteiger partial charge in [-0.1, -0.05) is 15.9 Å². The highest BCUT2D eigenvalue weighted by molar-refractivity contribution is 9.09. The molecule has 14 heavy (non-hydrogen) atoms. The second kappa shape index (κ2) is 5.41. The number of hydrogen-bond acceptors (Lipinski definition) is 1. The highest BCUT2D eigenvalue weighted by Crippen LogP contribution is 2.10. The molecular formula is C10H12BrF2N. The van der Waals surface area contributed by atoms with Crippen LogP contribution in [0.1, 0.15) is 5.56 Å². The number of likely N-dealkylation sites (N-methyl/N-ethyl adjacent to an activating group) is 1. The number of alkyl halides is 1. The van der Waals surface area contributed by atoms with Gasteiger partial charge in [0, 0.05) is 6.54 Å². The predicted octanol–water partition coefficient (Wildman–Crippen LogP) is 2.79. The van der Waals surface area contributed by atoms with Crippen LogP contribution < -0.4 is 0 Å². The molecule has 0 radical (unpaired) electrons. The molecule has 0 aliphatic rings. The van der Waals surface area contributed by atoms with Crippen molar-refractivity contribution in [2.24, 2.45) is 0 Å². The van der Waals surface area contributed by atoms with Crippen molar-refractivity contribution in [2.45, 2.75) is 6.42 Å². The molecule has 0 atom stereocenters. The monoisotopic (exact) mass is 263 g/mol. The van der Waals surface area contributed by atoms with Crippen molar-refractivity contribution >= 4 is 15.9 Å². The van der Waals surface area contributed by atoms with E-state index in [0.29, 0.717) is 18.5 Å². The molecule has 0 N–H and O–H groups in total. The summed E-state index contributed by atoms with van der Waals surface area (Å²) in [5, 5.41) is 0. The van der Waals surface area contributed by atoms with Gasteiger partial charge in [-0.05, 0) is 37.2 Å². The van der Waals surface area contributed by atoms with E-state index in [1.807, 2.05) is 11.9 Å². The van der Waals surface area contributed by atoms with Gasteiger partial charge in [0.15, 0.2) is 0 Å². The minimum atomic E-state index is -0.386. The van der Waals surface area contributed by atoms with E-state index < -0.39 is 0 Å². The lowest BCUT2D eigenvalue weighted by Crippen LogP contribution is -2.19. The second-order valence-corrected chi connectivity index (χ2v) is 3.69. The van der Waals surface area contributed by atoms with Gasteiger partial charge in [-0.3, -0.25) is 4.90 Å². The van der Waals surface area contributed by atoms with Crippen LogP contribution in [0.25, 0.3) is 0 Å². The third-order valence-electron chi connectivity index (χ3n) is 1.97. The molecule has 0 aliphatic carbocycles. The van der Waals surface area contributed by atoms with Crippen LogP contribution in [-0.2, 0) is 6.42 Å². The number of benzene rings is 1. The van der Waals surface area contributed by atoms with Gasteiger partial charge in [-0.2, -0.15) is 0 Å². The lowest BCUT2D eigenvalue weighted by atomic mass is 10.1. The Balaban J connectivity index is 2.62. The second-order valence-electron chi connectivity index (χ2n) is 3.18. The van der Waals surface area contributed by atoms with Crippen molar-refractivity contribution in [1.82, 2.24) is 4.90 Å². The fourth-order valence-electron chi connectivity index (χ4n) is 1.11. The lowest BCUT2D eigenvalue weighted by molar-refractivity contribution is 0.397. The largest absolute Gasteiger partial charge is 0.296 e. The van der Waals surface area contributed by atoms with E-state index >= 15 is 0 Å². The van der Waals surface area contributed by atoms with E-state index in [9.17, 15) is 8.78 Å². The van der Waals surface area contributed by atoms with Crippen molar-refractivity contribution in [3.8, 4) is 0 Å². The van der Waals surface area contributed by atoms with Gasteiger partial charge in [-0.15, -0.1) is 0 Å². The van der Waals surface area contributed by atoms with Crippen molar-refractivity contribution in [1.29, 1.82) is 0 Å². The fourth-order valence-corrected chi connectivity index (χ4v) is 1.36. The van der Waals surface area contributed by atoms with Crippen molar-refractivity contribution in [2.75, 3.05) is 19.0 Å². The molecule has 0 spiro atoms. The molecule has 0 amide bonds. The van der Waals surface area contributed by atoms with Crippen LogP contribution in [0.3, 0.4) is 0 Å². The number of halogens is 3. The molecule has 78 valence electrons. The summed E-state index contributed by atoms with van der Waals surface area (Å²) in [6.45, 7) is 0.700. The first-order chi connectivity index (χ1) is 6.63. The maximum Gasteiger partial charge on any atom is 0.126 e. The van der Waals surface area contributed by atoms with Gasteiger partial charge < -0.3 is 0 Å². The molecule has 0 aliphatic heterocycles. The van der Waals surface area contributed by atoms with Crippen LogP contribution >= 0.6 is 15.9 Å². The van der Waals surface area contributed by atoms with E-state index in [4.69, 9.17) is 0 Å². The highest BCUT2D eigenvalue weighted by atomic mass is 79.9. The predicted molar refractivity (Wildman–Crippen MR) is 56.5 cm³/mol. The first kappa shape index (κ1) is 11.6. The Hall–Kier alpha value is -0.480. The lowest BCUT2D eigenvalue weighted by Gasteiger charge is -2.12. The molecule has 0 saturated carbocycles. The van der Waals surface area contributed by atoms with Gasteiger partial charge in [0.2, 0.25) is 0 Å². The molecule has 0 aromatic heterocycles. The summed E-state index contributed by atoms with van der Waals surface area (Å²) in [5.41, 5.74) is 1.15. The molecule has 0 bridgehead atoms. The molecule has 4 heteroatoms. The van der Waals surface area contributed by atoms with Crippen molar-refractivity contribution in [3.63, 3.8) is 0 Å². The Morgan fingerprint density at radius 1 is 1.36 bits per heavy atom. The van der Waals surface area contributed by atoms with Gasteiger partial charge in [0.25, 0.3) is 0 Å². The quantitative estimate of drug-likeness (QED) is 0.597. The minimum Gasteiger partial charge on any atom is -0.296 e. The maximum atomic E-state index is 13.1. The molecule has 1 nitrogen and oxygen atoms in total. The van der Waals surface area contributed by atoms with Gasteiger partial charge in [0.1, 0.15) is 11.6 Å². The molecule has 0 heterocycles. The smallest absolute Gasteiger partial charge is 0.126 e. The number of rotatable bonds is 4. The normalized spacial score (nSPS) is 10.9. The first-order valence-electron chi connectivity index (χ1n) is 4.32. The van der Waals surface area contributed by atoms with Crippen LogP contribution in [0.15, 0.2) is 18.2 Å². The van der Waals surface area contributed by atoms with Gasteiger partial charge in [-0.25, -0.2) is 8.78 Å². The minimum absolute atomic E-state index is 0.339. The van der Waals surface area contributed by atoms with Crippen LogP contribution in [0.4, 0.5) is 8.78 Å². The zero-order chi connectivity index (χ0) is 10.6. The van der Waals surface area contributed by atoms with E-state index in [0.717, 1.165) is 11.5 Å². The summed E-state index contributed by atoms with van der Waals surface area (Å²) in [6.07, 6.45) is 0.520. The molecule has 0 fully saturated rings. The Morgan fingerprint density at radius 3 is 2.71 bits per heavy atom. The standard InChI is InChI=1S/C10H12BrF2N/c1-14(7-11)5-4-8-6-9(12)2-3-10(8)13/h2-3,6H,4-5,7H2,1H3. The molecule has 0 saturated heterocycles. The van der Waals surface area contributed by atoms with E-state index in [1.54, 1.807) is 0 Å². The van der Waals surface area contributed by atoms with Gasteiger partial charge in [0.05, 0.1) is 5.45 Å². The third kappa shape index (κ3) is 3.35. The van der Waals surface area contributed by atoms with E-state index in [-0.39, 0.29) is 11.6 Å². The summed E-state index contributed by atoms with van der Waals surface area (Å²) >= 11 is 3.28. The van der Waals surface area contributed by atoms with Crippen LogP contribution in [0.5, 0.6) is 0 Å². The topological polar surface area (TPSA) is 3.24 Å². The summed E-state index contributed by atoms with van der Waals surface area (Å²) in [6, 6.07) is 3.54. The SMILES string of the molecule is CN(CBr)CCc1cc(F)ccc1F. The van der Waals surface area contributed by atoms with E-state index in [2.05, 4.69) is 15.9 Å². The zero-order valence-corrected chi connectivity index (χ0v) is 9.52. The Kier molecular flexibility index (Phi) is 4.48.